The molecule has 9 rings (SSSR count). The third-order valence-corrected chi connectivity index (χ3v) is 9.24. The standard InChI is InChI=1S/C46H31NO/c1-3-13-32(14-4-1)34-25-27-39(28-26-34)47(43-21-11-9-19-40(43)35-16-5-2-6-17-35)44-31-38(37-24-23-33-15-7-8-18-36(33)29-37)30-42-41-20-10-12-22-45(41)48-46(42)44/h1-31H. The fourth-order valence-corrected chi connectivity index (χ4v) is 6.88. The van der Waals surface area contributed by atoms with Crippen LogP contribution in [0.15, 0.2) is 192 Å². The van der Waals surface area contributed by atoms with E-state index in [1.165, 1.54) is 21.9 Å². The Labute approximate surface area is 279 Å². The van der Waals surface area contributed by atoms with Gasteiger partial charge in [0.1, 0.15) is 5.58 Å². The van der Waals surface area contributed by atoms with Crippen molar-refractivity contribution in [3.05, 3.63) is 188 Å². The average Bonchev–Trinajstić information content (AvgIpc) is 3.55. The highest BCUT2D eigenvalue weighted by atomic mass is 16.3. The van der Waals surface area contributed by atoms with E-state index in [-0.39, 0.29) is 0 Å². The number of fused-ring (bicyclic) bond motifs is 4. The van der Waals surface area contributed by atoms with Gasteiger partial charge in [-0.15, -0.1) is 0 Å². The van der Waals surface area contributed by atoms with Crippen molar-refractivity contribution in [1.82, 2.24) is 0 Å². The molecule has 0 fully saturated rings. The fraction of sp³-hybridized carbons (Fsp3) is 0. The molecule has 8 aromatic carbocycles. The first kappa shape index (κ1) is 27.9. The highest BCUT2D eigenvalue weighted by Gasteiger charge is 2.23. The van der Waals surface area contributed by atoms with Gasteiger partial charge in [0.2, 0.25) is 0 Å². The van der Waals surface area contributed by atoms with Crippen molar-refractivity contribution in [1.29, 1.82) is 0 Å². The minimum absolute atomic E-state index is 0.857. The first-order chi connectivity index (χ1) is 23.8. The van der Waals surface area contributed by atoms with Crippen molar-refractivity contribution in [2.45, 2.75) is 0 Å². The summed E-state index contributed by atoms with van der Waals surface area (Å²) in [7, 11) is 0. The Morgan fingerprint density at radius 1 is 0.354 bits per heavy atom. The first-order valence-electron chi connectivity index (χ1n) is 16.3. The van der Waals surface area contributed by atoms with E-state index in [4.69, 9.17) is 4.42 Å². The largest absolute Gasteiger partial charge is 0.454 e. The van der Waals surface area contributed by atoms with Gasteiger partial charge < -0.3 is 9.32 Å². The molecule has 0 radical (unpaired) electrons. The molecule has 9 aromatic rings. The van der Waals surface area contributed by atoms with Gasteiger partial charge in [-0.2, -0.15) is 0 Å². The van der Waals surface area contributed by atoms with Crippen molar-refractivity contribution in [2.75, 3.05) is 4.90 Å². The maximum atomic E-state index is 6.77. The van der Waals surface area contributed by atoms with E-state index in [1.807, 2.05) is 6.07 Å². The third kappa shape index (κ3) is 4.92. The molecule has 1 aromatic heterocycles. The smallest absolute Gasteiger partial charge is 0.159 e. The SMILES string of the molecule is c1ccc(-c2ccc(N(c3ccccc3-c3ccccc3)c3cc(-c4ccc5ccccc5c4)cc4c3oc3ccccc34)cc2)cc1. The molecule has 0 aliphatic carbocycles. The van der Waals surface area contributed by atoms with Gasteiger partial charge in [-0.25, -0.2) is 0 Å². The van der Waals surface area contributed by atoms with Gasteiger partial charge in [-0.3, -0.25) is 0 Å². The van der Waals surface area contributed by atoms with Gasteiger partial charge in [0.15, 0.2) is 5.58 Å². The van der Waals surface area contributed by atoms with E-state index in [0.29, 0.717) is 0 Å². The average molecular weight is 614 g/mol. The molecule has 0 spiro atoms. The van der Waals surface area contributed by atoms with Crippen LogP contribution >= 0.6 is 0 Å². The van der Waals surface area contributed by atoms with E-state index < -0.39 is 0 Å². The number of hydrogen-bond acceptors (Lipinski definition) is 2. The van der Waals surface area contributed by atoms with Gasteiger partial charge in [0, 0.05) is 22.0 Å². The van der Waals surface area contributed by atoms with Crippen molar-refractivity contribution >= 4 is 49.8 Å². The van der Waals surface area contributed by atoms with E-state index >= 15 is 0 Å². The number of anilines is 3. The predicted molar refractivity (Wildman–Crippen MR) is 202 cm³/mol. The van der Waals surface area contributed by atoms with Gasteiger partial charge in [0.25, 0.3) is 0 Å². The second-order valence-electron chi connectivity index (χ2n) is 12.2. The highest BCUT2D eigenvalue weighted by molar-refractivity contribution is 6.12. The molecule has 0 saturated carbocycles. The van der Waals surface area contributed by atoms with E-state index in [1.54, 1.807) is 0 Å². The molecule has 0 aliphatic heterocycles. The summed E-state index contributed by atoms with van der Waals surface area (Å²) in [5.41, 5.74) is 11.8. The van der Waals surface area contributed by atoms with Crippen LogP contribution in [0.3, 0.4) is 0 Å². The summed E-state index contributed by atoms with van der Waals surface area (Å²) in [6, 6.07) is 66.9. The number of hydrogen-bond donors (Lipinski definition) is 0. The first-order valence-corrected chi connectivity index (χ1v) is 16.3. The number of furan rings is 1. The van der Waals surface area contributed by atoms with Crippen LogP contribution in [0.4, 0.5) is 17.1 Å². The van der Waals surface area contributed by atoms with Crippen LogP contribution in [0.25, 0.3) is 66.1 Å². The molecule has 0 atom stereocenters. The molecule has 0 aliphatic rings. The highest BCUT2D eigenvalue weighted by Crippen LogP contribution is 2.47. The fourth-order valence-electron chi connectivity index (χ4n) is 6.88. The van der Waals surface area contributed by atoms with Gasteiger partial charge in [-0.05, 0) is 81.1 Å². The van der Waals surface area contributed by atoms with Crippen molar-refractivity contribution in [3.63, 3.8) is 0 Å². The van der Waals surface area contributed by atoms with Crippen molar-refractivity contribution in [3.8, 4) is 33.4 Å². The van der Waals surface area contributed by atoms with Gasteiger partial charge in [0.05, 0.1) is 11.4 Å². The minimum atomic E-state index is 0.857. The van der Waals surface area contributed by atoms with Crippen LogP contribution in [0.1, 0.15) is 0 Å². The summed E-state index contributed by atoms with van der Waals surface area (Å²) in [6.45, 7) is 0. The van der Waals surface area contributed by atoms with Crippen LogP contribution in [-0.4, -0.2) is 0 Å². The number of para-hydroxylation sites is 2. The number of rotatable bonds is 6. The molecule has 0 unspecified atom stereocenters. The second-order valence-corrected chi connectivity index (χ2v) is 12.2. The Morgan fingerprint density at radius 2 is 0.979 bits per heavy atom. The molecule has 2 nitrogen and oxygen atoms in total. The van der Waals surface area contributed by atoms with E-state index in [9.17, 15) is 0 Å². The molecule has 0 bridgehead atoms. The summed E-state index contributed by atoms with van der Waals surface area (Å²) in [4.78, 5) is 2.37. The normalized spacial score (nSPS) is 11.3. The lowest BCUT2D eigenvalue weighted by molar-refractivity contribution is 0.669. The number of nitrogens with zero attached hydrogens (tertiary/aromatic N) is 1. The predicted octanol–water partition coefficient (Wildman–Crippen LogP) is 13.2. The third-order valence-electron chi connectivity index (χ3n) is 9.24. The summed E-state index contributed by atoms with van der Waals surface area (Å²) in [5, 5.41) is 4.64. The molecular formula is C46H31NO. The zero-order valence-electron chi connectivity index (χ0n) is 26.3. The van der Waals surface area contributed by atoms with Gasteiger partial charge >= 0.3 is 0 Å². The summed E-state index contributed by atoms with van der Waals surface area (Å²) in [5.74, 6) is 0. The zero-order valence-corrected chi connectivity index (χ0v) is 26.3. The lowest BCUT2D eigenvalue weighted by atomic mass is 9.97. The minimum Gasteiger partial charge on any atom is -0.454 e. The van der Waals surface area contributed by atoms with Crippen molar-refractivity contribution in [2.24, 2.45) is 0 Å². The van der Waals surface area contributed by atoms with E-state index in [0.717, 1.165) is 61.3 Å². The van der Waals surface area contributed by atoms with Gasteiger partial charge in [-0.1, -0.05) is 146 Å². The maximum absolute atomic E-state index is 6.77. The number of benzene rings is 8. The Balaban J connectivity index is 1.33. The lowest BCUT2D eigenvalue weighted by Crippen LogP contribution is -2.11. The Bertz CT molecular complexity index is 2550. The molecule has 2 heteroatoms. The topological polar surface area (TPSA) is 16.4 Å². The van der Waals surface area contributed by atoms with Crippen molar-refractivity contribution < 1.29 is 4.42 Å². The lowest BCUT2D eigenvalue weighted by Gasteiger charge is -2.28. The Hall–Kier alpha value is -6.38. The maximum Gasteiger partial charge on any atom is 0.159 e. The molecule has 226 valence electrons. The second kappa shape index (κ2) is 11.8. The quantitative estimate of drug-likeness (QED) is 0.185. The summed E-state index contributed by atoms with van der Waals surface area (Å²) < 4.78 is 6.77. The summed E-state index contributed by atoms with van der Waals surface area (Å²) in [6.07, 6.45) is 0. The molecule has 0 N–H and O–H groups in total. The molecule has 0 amide bonds. The Morgan fingerprint density at radius 3 is 1.79 bits per heavy atom. The molecule has 0 saturated heterocycles. The molecule has 48 heavy (non-hydrogen) atoms. The van der Waals surface area contributed by atoms with E-state index in [2.05, 4.69) is 187 Å². The van der Waals surface area contributed by atoms with Crippen LogP contribution in [0.2, 0.25) is 0 Å². The molecular weight excluding hydrogens is 583 g/mol. The van der Waals surface area contributed by atoms with Crippen LogP contribution < -0.4 is 4.90 Å². The zero-order chi connectivity index (χ0) is 31.9. The van der Waals surface area contributed by atoms with Crippen LogP contribution in [-0.2, 0) is 0 Å². The monoisotopic (exact) mass is 613 g/mol. The molecule has 1 heterocycles. The Kier molecular flexibility index (Phi) is 6.84. The summed E-state index contributed by atoms with van der Waals surface area (Å²) >= 11 is 0. The van der Waals surface area contributed by atoms with Crippen LogP contribution in [0.5, 0.6) is 0 Å². The van der Waals surface area contributed by atoms with Crippen LogP contribution in [0, 0.1) is 0 Å².